The summed E-state index contributed by atoms with van der Waals surface area (Å²) in [7, 11) is -9.87. The Morgan fingerprint density at radius 1 is 1.02 bits per heavy atom. The van der Waals surface area contributed by atoms with Crippen LogP contribution in [0.5, 0.6) is 0 Å². The van der Waals surface area contributed by atoms with E-state index in [1.165, 1.54) is 7.11 Å². The molecular formula is C18H29N3O17P2. The van der Waals surface area contributed by atoms with Crippen molar-refractivity contribution in [3.8, 4) is 0 Å². The largest absolute Gasteiger partial charge is 0.483 e. The fraction of sp³-hybridized carbons (Fsp3) is 0.722. The number of phosphoric acid groups is 2. The molecule has 2 aliphatic heterocycles. The summed E-state index contributed by atoms with van der Waals surface area (Å²) in [6.07, 6.45) is -12.4. The van der Waals surface area contributed by atoms with Crippen molar-refractivity contribution in [2.75, 3.05) is 20.3 Å². The summed E-state index contributed by atoms with van der Waals surface area (Å²) in [5, 5.41) is 43.1. The van der Waals surface area contributed by atoms with Gasteiger partial charge in [-0.05, 0) is 0 Å². The maximum absolute atomic E-state index is 12.5. The lowest BCUT2D eigenvalue weighted by Gasteiger charge is -2.42. The Morgan fingerprint density at radius 3 is 2.25 bits per heavy atom. The second-order valence-corrected chi connectivity index (χ2v) is 11.7. The van der Waals surface area contributed by atoms with Crippen molar-refractivity contribution in [3.05, 3.63) is 33.1 Å². The van der Waals surface area contributed by atoms with Crippen molar-refractivity contribution in [2.24, 2.45) is 0 Å². The molecule has 2 fully saturated rings. The van der Waals surface area contributed by atoms with Crippen molar-refractivity contribution >= 4 is 21.6 Å². The van der Waals surface area contributed by atoms with E-state index in [9.17, 15) is 53.7 Å². The number of nitrogens with one attached hydrogen (secondary N) is 2. The van der Waals surface area contributed by atoms with Gasteiger partial charge in [-0.1, -0.05) is 0 Å². The van der Waals surface area contributed by atoms with Gasteiger partial charge in [-0.25, -0.2) is 13.9 Å². The highest BCUT2D eigenvalue weighted by Crippen LogP contribution is 2.61. The van der Waals surface area contributed by atoms with E-state index in [1.807, 2.05) is 4.98 Å². The monoisotopic (exact) mass is 621 g/mol. The van der Waals surface area contributed by atoms with Gasteiger partial charge in [0, 0.05) is 26.3 Å². The minimum atomic E-state index is -5.59. The number of aliphatic hydroxyl groups excluding tert-OH is 4. The fourth-order valence-electron chi connectivity index (χ4n) is 3.91. The van der Waals surface area contributed by atoms with Gasteiger partial charge in [0.25, 0.3) is 5.56 Å². The number of carbonyl (C=O) groups excluding carboxylic acids is 1. The number of ether oxygens (including phenoxy) is 3. The van der Waals surface area contributed by atoms with E-state index < -0.39 is 94.6 Å². The van der Waals surface area contributed by atoms with Gasteiger partial charge in [0.2, 0.25) is 5.91 Å². The Balaban J connectivity index is 1.66. The Morgan fingerprint density at radius 2 is 1.65 bits per heavy atom. The highest BCUT2D eigenvalue weighted by atomic mass is 31.3. The van der Waals surface area contributed by atoms with Crippen LogP contribution in [0.2, 0.25) is 0 Å². The highest BCUT2D eigenvalue weighted by molar-refractivity contribution is 7.61. The van der Waals surface area contributed by atoms with Crippen LogP contribution >= 0.6 is 15.6 Å². The number of methoxy groups -OCH3 is 1. The SMILES string of the molecule is COCC1OC(OP(=O)(O)OP(=O)(O)OC[C@H]2OC(n3ccc(=O)[nH]c3=O)[C@H](O)[C@@H]2O)C(NC(C)=O)C(O)C1O. The van der Waals surface area contributed by atoms with Crippen LogP contribution in [0.15, 0.2) is 21.9 Å². The molecular weight excluding hydrogens is 592 g/mol. The number of rotatable bonds is 11. The van der Waals surface area contributed by atoms with E-state index in [-0.39, 0.29) is 6.61 Å². The van der Waals surface area contributed by atoms with E-state index in [0.717, 1.165) is 23.8 Å². The van der Waals surface area contributed by atoms with Crippen LogP contribution < -0.4 is 16.6 Å². The number of carbonyl (C=O) groups is 1. The summed E-state index contributed by atoms with van der Waals surface area (Å²) in [5.41, 5.74) is -1.74. The Hall–Kier alpha value is -1.87. The van der Waals surface area contributed by atoms with Crippen LogP contribution in [0.4, 0.5) is 0 Å². The fourth-order valence-corrected chi connectivity index (χ4v) is 6.07. The molecule has 40 heavy (non-hydrogen) atoms. The highest BCUT2D eigenvalue weighted by Gasteiger charge is 2.50. The Labute approximate surface area is 224 Å². The molecule has 0 aliphatic carbocycles. The van der Waals surface area contributed by atoms with Gasteiger partial charge in [0.15, 0.2) is 12.5 Å². The first kappa shape index (κ1) is 32.6. The topological polar surface area (TPSA) is 295 Å². The third kappa shape index (κ3) is 7.90. The average Bonchev–Trinajstić information content (AvgIpc) is 3.11. The summed E-state index contributed by atoms with van der Waals surface area (Å²) >= 11 is 0. The molecule has 3 rings (SSSR count). The van der Waals surface area contributed by atoms with Crippen LogP contribution in [0, 0.1) is 0 Å². The van der Waals surface area contributed by atoms with Gasteiger partial charge in [0.1, 0.15) is 42.7 Å². The lowest BCUT2D eigenvalue weighted by atomic mass is 9.97. The first-order chi connectivity index (χ1) is 18.5. The number of hydrogen-bond acceptors (Lipinski definition) is 15. The van der Waals surface area contributed by atoms with E-state index in [2.05, 4.69) is 14.2 Å². The molecule has 1 aromatic heterocycles. The molecule has 11 atom stereocenters. The van der Waals surface area contributed by atoms with E-state index in [1.54, 1.807) is 0 Å². The molecule has 1 aromatic rings. The minimum absolute atomic E-state index is 0.329. The zero-order valence-corrected chi connectivity index (χ0v) is 22.6. The molecule has 8 unspecified atom stereocenters. The van der Waals surface area contributed by atoms with Crippen molar-refractivity contribution < 1.29 is 71.7 Å². The predicted molar refractivity (Wildman–Crippen MR) is 125 cm³/mol. The van der Waals surface area contributed by atoms with Gasteiger partial charge in [-0.3, -0.25) is 28.2 Å². The van der Waals surface area contributed by atoms with Crippen molar-refractivity contribution in [1.82, 2.24) is 14.9 Å². The molecule has 0 bridgehead atoms. The van der Waals surface area contributed by atoms with Gasteiger partial charge < -0.3 is 49.7 Å². The maximum atomic E-state index is 12.5. The molecule has 0 aromatic carbocycles. The number of nitrogens with zero attached hydrogens (tertiary/aromatic N) is 1. The standard InChI is InChI=1S/C18H29N3O17P2/c1-7(22)19-11-14(26)12(24)8(5-33-2)36-17(11)37-40(31,32)38-39(29,30)34-6-9-13(25)15(27)16(35-9)21-4-3-10(23)20-18(21)28/h3-4,8-9,11-17,24-27H,5-6H2,1-2H3,(H,19,22)(H,29,30)(H,31,32)(H,20,23,28)/t8?,9-,11?,12?,13-,14?,15-,16?,17?/m1/s1. The van der Waals surface area contributed by atoms with Crippen LogP contribution in [-0.4, -0.2) is 115 Å². The third-order valence-corrected chi connectivity index (χ3v) is 8.31. The maximum Gasteiger partial charge on any atom is 0.483 e. The molecule has 0 spiro atoms. The molecule has 8 N–H and O–H groups in total. The number of hydrogen-bond donors (Lipinski definition) is 8. The van der Waals surface area contributed by atoms with Crippen LogP contribution in [0.3, 0.4) is 0 Å². The number of phosphoric ester groups is 2. The first-order valence-corrected chi connectivity index (χ1v) is 14.3. The smallest absolute Gasteiger partial charge is 0.388 e. The van der Waals surface area contributed by atoms with Crippen molar-refractivity contribution in [3.63, 3.8) is 0 Å². The van der Waals surface area contributed by atoms with Crippen LogP contribution in [0.1, 0.15) is 13.2 Å². The summed E-state index contributed by atoms with van der Waals surface area (Å²) < 4.78 is 54.6. The van der Waals surface area contributed by atoms with Crippen molar-refractivity contribution in [1.29, 1.82) is 0 Å². The molecule has 2 saturated heterocycles. The number of aliphatic hydroxyl groups is 4. The third-order valence-electron chi connectivity index (χ3n) is 5.71. The minimum Gasteiger partial charge on any atom is -0.388 e. The zero-order chi connectivity index (χ0) is 30.0. The normalized spacial score (nSPS) is 35.5. The zero-order valence-electron chi connectivity index (χ0n) is 20.8. The lowest BCUT2D eigenvalue weighted by molar-refractivity contribution is -0.249. The van der Waals surface area contributed by atoms with E-state index in [0.29, 0.717) is 0 Å². The number of amides is 1. The molecule has 1 amide bonds. The Bertz CT molecular complexity index is 1260. The lowest BCUT2D eigenvalue weighted by Crippen LogP contribution is -2.64. The number of aromatic nitrogens is 2. The van der Waals surface area contributed by atoms with Gasteiger partial charge in [-0.2, -0.15) is 4.31 Å². The molecule has 2 aliphatic rings. The molecule has 228 valence electrons. The summed E-state index contributed by atoms with van der Waals surface area (Å²) in [4.78, 5) is 56.7. The molecule has 20 nitrogen and oxygen atoms in total. The average molecular weight is 621 g/mol. The van der Waals surface area contributed by atoms with Crippen molar-refractivity contribution in [2.45, 2.75) is 62.1 Å². The quantitative estimate of drug-likeness (QED) is 0.109. The van der Waals surface area contributed by atoms with E-state index >= 15 is 0 Å². The summed E-state index contributed by atoms with van der Waals surface area (Å²) in [6, 6.07) is -0.702. The molecule has 0 radical (unpaired) electrons. The van der Waals surface area contributed by atoms with Crippen LogP contribution in [0.25, 0.3) is 0 Å². The second kappa shape index (κ2) is 13.0. The van der Waals surface area contributed by atoms with Gasteiger partial charge in [0.05, 0.1) is 13.2 Å². The van der Waals surface area contributed by atoms with Crippen LogP contribution in [-0.2, 0) is 41.5 Å². The van der Waals surface area contributed by atoms with E-state index in [4.69, 9.17) is 18.7 Å². The first-order valence-electron chi connectivity index (χ1n) is 11.4. The molecule has 3 heterocycles. The number of H-pyrrole nitrogens is 1. The molecule has 0 saturated carbocycles. The Kier molecular flexibility index (Phi) is 10.6. The molecule has 22 heteroatoms. The summed E-state index contributed by atoms with van der Waals surface area (Å²) in [5.74, 6) is -0.761. The second-order valence-electron chi connectivity index (χ2n) is 8.69. The summed E-state index contributed by atoms with van der Waals surface area (Å²) in [6.45, 7) is -0.322. The van der Waals surface area contributed by atoms with Gasteiger partial charge in [-0.15, -0.1) is 0 Å². The van der Waals surface area contributed by atoms with Gasteiger partial charge >= 0.3 is 21.3 Å². The predicted octanol–water partition coefficient (Wildman–Crippen LogP) is -4.00. The number of aromatic amines is 1.